The Balaban J connectivity index is 1.49. The van der Waals surface area contributed by atoms with Crippen molar-refractivity contribution in [2.45, 2.75) is 19.3 Å². The van der Waals surface area contributed by atoms with E-state index in [0.29, 0.717) is 0 Å². The molecule has 1 heteroatoms. The summed E-state index contributed by atoms with van der Waals surface area (Å²) in [5.41, 5.74) is 11.4. The van der Waals surface area contributed by atoms with Crippen LogP contribution >= 0.6 is 0 Å². The van der Waals surface area contributed by atoms with E-state index in [1.165, 1.54) is 82.2 Å². The third-order valence-corrected chi connectivity index (χ3v) is 9.68. The molecule has 1 aliphatic carbocycles. The highest BCUT2D eigenvalue weighted by Crippen LogP contribution is 2.54. The highest BCUT2D eigenvalue weighted by atomic mass is 14.7. The first-order chi connectivity index (χ1) is 21.1. The van der Waals surface area contributed by atoms with Crippen LogP contribution in [0, 0.1) is 0 Å². The molecule has 9 rings (SSSR count). The maximum Gasteiger partial charge on any atom is 0.0708 e. The van der Waals surface area contributed by atoms with E-state index in [4.69, 9.17) is 4.98 Å². The maximum atomic E-state index is 5.05. The number of para-hydroxylation sites is 1. The fourth-order valence-corrected chi connectivity index (χ4v) is 7.70. The molecule has 1 heterocycles. The number of fused-ring (bicyclic) bond motifs is 8. The van der Waals surface area contributed by atoms with Crippen molar-refractivity contribution in [1.29, 1.82) is 0 Å². The lowest BCUT2D eigenvalue weighted by Crippen LogP contribution is -2.14. The third kappa shape index (κ3) is 3.37. The summed E-state index contributed by atoms with van der Waals surface area (Å²) in [6.07, 6.45) is 2.12. The summed E-state index contributed by atoms with van der Waals surface area (Å²) in [7, 11) is 0. The summed E-state index contributed by atoms with van der Waals surface area (Å²) >= 11 is 0. The minimum atomic E-state index is -0.0659. The molecule has 0 saturated carbocycles. The number of pyridine rings is 1. The highest BCUT2D eigenvalue weighted by molar-refractivity contribution is 6.28. The van der Waals surface area contributed by atoms with E-state index in [1.54, 1.807) is 0 Å². The van der Waals surface area contributed by atoms with E-state index in [0.717, 1.165) is 5.52 Å². The van der Waals surface area contributed by atoms with E-state index in [-0.39, 0.29) is 5.41 Å². The predicted molar refractivity (Wildman–Crippen MR) is 183 cm³/mol. The lowest BCUT2D eigenvalue weighted by Gasteiger charge is -2.23. The molecule has 0 unspecified atom stereocenters. The van der Waals surface area contributed by atoms with Gasteiger partial charge >= 0.3 is 0 Å². The molecule has 0 saturated heterocycles. The molecule has 202 valence electrons. The van der Waals surface area contributed by atoms with Crippen LogP contribution in [0.1, 0.15) is 25.0 Å². The second-order valence-electron chi connectivity index (χ2n) is 12.3. The van der Waals surface area contributed by atoms with Crippen LogP contribution < -0.4 is 0 Å². The van der Waals surface area contributed by atoms with Crippen LogP contribution in [0.15, 0.2) is 140 Å². The Bertz CT molecular complexity index is 2430. The van der Waals surface area contributed by atoms with Gasteiger partial charge in [-0.05, 0) is 78.2 Å². The molecule has 7 aromatic carbocycles. The molecular formula is C42H29N. The van der Waals surface area contributed by atoms with Gasteiger partial charge in [0.05, 0.1) is 5.52 Å². The number of benzene rings is 7. The second-order valence-corrected chi connectivity index (χ2v) is 12.3. The molecule has 0 spiro atoms. The van der Waals surface area contributed by atoms with Gasteiger partial charge in [0.25, 0.3) is 0 Å². The Hall–Kier alpha value is -5.27. The van der Waals surface area contributed by atoms with E-state index >= 15 is 0 Å². The molecule has 1 aromatic heterocycles. The second kappa shape index (κ2) is 8.86. The zero-order valence-electron chi connectivity index (χ0n) is 24.2. The Labute approximate surface area is 251 Å². The van der Waals surface area contributed by atoms with Gasteiger partial charge in [0.2, 0.25) is 0 Å². The van der Waals surface area contributed by atoms with Gasteiger partial charge in [-0.3, -0.25) is 4.98 Å². The standard InChI is InChI=1S/C42H29N/c1-42(2)35-19-9-7-16-31(35)40-33(18-11-20-36(40)42)39-30-15-6-5-14-29(30)38(28-23-22-26-12-3-4-13-27(26)24-28)41-32-17-8-10-21-37(32)43-25-34(39)41/h3-25H,1-2H3. The van der Waals surface area contributed by atoms with Crippen molar-refractivity contribution in [3.8, 4) is 33.4 Å². The lowest BCUT2D eigenvalue weighted by atomic mass is 9.80. The third-order valence-electron chi connectivity index (χ3n) is 9.68. The van der Waals surface area contributed by atoms with Crippen molar-refractivity contribution >= 4 is 43.2 Å². The van der Waals surface area contributed by atoms with Crippen LogP contribution in [-0.4, -0.2) is 4.98 Å². The molecule has 1 aliphatic rings. The van der Waals surface area contributed by atoms with Crippen LogP contribution in [0.2, 0.25) is 0 Å². The van der Waals surface area contributed by atoms with E-state index < -0.39 is 0 Å². The molecule has 0 amide bonds. The molecule has 0 fully saturated rings. The van der Waals surface area contributed by atoms with Crippen molar-refractivity contribution in [2.75, 3.05) is 0 Å². The van der Waals surface area contributed by atoms with Crippen LogP contribution in [0.25, 0.3) is 76.6 Å². The van der Waals surface area contributed by atoms with Crippen LogP contribution in [0.4, 0.5) is 0 Å². The minimum Gasteiger partial charge on any atom is -0.256 e. The van der Waals surface area contributed by atoms with Gasteiger partial charge in [0.15, 0.2) is 0 Å². The topological polar surface area (TPSA) is 12.9 Å². The summed E-state index contributed by atoms with van der Waals surface area (Å²) in [4.78, 5) is 5.05. The SMILES string of the molecule is CC1(C)c2ccccc2-c2c(-c3c4ccccc4c(-c4ccc5ccccc5c4)c4c3cnc3ccccc34)cccc21. The fourth-order valence-electron chi connectivity index (χ4n) is 7.70. The number of hydrogen-bond donors (Lipinski definition) is 0. The quantitative estimate of drug-likeness (QED) is 0.155. The average molecular weight is 548 g/mol. The van der Waals surface area contributed by atoms with Gasteiger partial charge < -0.3 is 0 Å². The Kier molecular flexibility index (Phi) is 5.02. The van der Waals surface area contributed by atoms with E-state index in [9.17, 15) is 0 Å². The van der Waals surface area contributed by atoms with Crippen molar-refractivity contribution in [3.63, 3.8) is 0 Å². The summed E-state index contributed by atoms with van der Waals surface area (Å²) in [6.45, 7) is 4.71. The van der Waals surface area contributed by atoms with Crippen molar-refractivity contribution in [2.24, 2.45) is 0 Å². The molecule has 0 aliphatic heterocycles. The summed E-state index contributed by atoms with van der Waals surface area (Å²) in [6, 6.07) is 48.9. The Morgan fingerprint density at radius 2 is 1.12 bits per heavy atom. The largest absolute Gasteiger partial charge is 0.256 e. The lowest BCUT2D eigenvalue weighted by molar-refractivity contribution is 0.660. The fraction of sp³-hybridized carbons (Fsp3) is 0.0714. The zero-order valence-corrected chi connectivity index (χ0v) is 24.2. The van der Waals surface area contributed by atoms with Crippen molar-refractivity contribution in [3.05, 3.63) is 151 Å². The van der Waals surface area contributed by atoms with Crippen LogP contribution in [0.3, 0.4) is 0 Å². The van der Waals surface area contributed by atoms with Gasteiger partial charge in [-0.15, -0.1) is 0 Å². The summed E-state index contributed by atoms with van der Waals surface area (Å²) < 4.78 is 0. The van der Waals surface area contributed by atoms with Crippen molar-refractivity contribution in [1.82, 2.24) is 4.98 Å². The van der Waals surface area contributed by atoms with Gasteiger partial charge in [-0.2, -0.15) is 0 Å². The average Bonchev–Trinajstić information content (AvgIpc) is 3.30. The molecule has 0 bridgehead atoms. The Morgan fingerprint density at radius 3 is 1.98 bits per heavy atom. The van der Waals surface area contributed by atoms with Gasteiger partial charge in [0, 0.05) is 27.8 Å². The first-order valence-corrected chi connectivity index (χ1v) is 15.1. The maximum absolute atomic E-state index is 5.05. The van der Waals surface area contributed by atoms with Crippen molar-refractivity contribution < 1.29 is 0 Å². The first-order valence-electron chi connectivity index (χ1n) is 15.1. The van der Waals surface area contributed by atoms with Gasteiger partial charge in [-0.25, -0.2) is 0 Å². The number of rotatable bonds is 2. The zero-order chi connectivity index (χ0) is 28.7. The van der Waals surface area contributed by atoms with Crippen LogP contribution in [0.5, 0.6) is 0 Å². The molecule has 0 radical (unpaired) electrons. The minimum absolute atomic E-state index is 0.0659. The molecular weight excluding hydrogens is 518 g/mol. The highest BCUT2D eigenvalue weighted by Gasteiger charge is 2.37. The van der Waals surface area contributed by atoms with E-state index in [2.05, 4.69) is 154 Å². The summed E-state index contributed by atoms with van der Waals surface area (Å²) in [5, 5.41) is 8.66. The number of nitrogens with zero attached hydrogens (tertiary/aromatic N) is 1. The molecule has 1 nitrogen and oxygen atoms in total. The molecule has 0 N–H and O–H groups in total. The molecule has 43 heavy (non-hydrogen) atoms. The number of aromatic nitrogens is 1. The predicted octanol–water partition coefficient (Wildman–Crippen LogP) is 11.3. The first kappa shape index (κ1) is 24.3. The van der Waals surface area contributed by atoms with Crippen LogP contribution in [-0.2, 0) is 5.41 Å². The molecule has 8 aromatic rings. The monoisotopic (exact) mass is 547 g/mol. The van der Waals surface area contributed by atoms with Gasteiger partial charge in [-0.1, -0.05) is 135 Å². The van der Waals surface area contributed by atoms with Gasteiger partial charge in [0.1, 0.15) is 0 Å². The summed E-state index contributed by atoms with van der Waals surface area (Å²) in [5.74, 6) is 0. The molecule has 0 atom stereocenters. The Morgan fingerprint density at radius 1 is 0.465 bits per heavy atom. The smallest absolute Gasteiger partial charge is 0.0708 e. The van der Waals surface area contributed by atoms with E-state index in [1.807, 2.05) is 0 Å². The number of hydrogen-bond acceptors (Lipinski definition) is 1. The normalized spacial score (nSPS) is 13.5.